The number of rotatable bonds is 8. The van der Waals surface area contributed by atoms with Gasteiger partial charge < -0.3 is 14.4 Å². The fourth-order valence-corrected chi connectivity index (χ4v) is 3.77. The van der Waals surface area contributed by atoms with Crippen LogP contribution in [0.15, 0.2) is 41.8 Å². The maximum absolute atomic E-state index is 13.0. The van der Waals surface area contributed by atoms with Gasteiger partial charge in [-0.3, -0.25) is 4.79 Å². The van der Waals surface area contributed by atoms with Crippen LogP contribution in [0.2, 0.25) is 0 Å². The zero-order chi connectivity index (χ0) is 20.0. The van der Waals surface area contributed by atoms with E-state index in [1.807, 2.05) is 17.5 Å². The Hall–Kier alpha value is -1.90. The molecule has 0 saturated carbocycles. The number of ether oxygens (including phenoxy) is 2. The maximum atomic E-state index is 13.0. The first-order valence-corrected chi connectivity index (χ1v) is 9.95. The fourth-order valence-electron chi connectivity index (χ4n) is 3.05. The van der Waals surface area contributed by atoms with Crippen molar-refractivity contribution in [2.45, 2.75) is 38.3 Å². The number of alkyl halides is 3. The molecule has 1 aromatic heterocycles. The van der Waals surface area contributed by atoms with Crippen LogP contribution in [-0.2, 0) is 22.6 Å². The summed E-state index contributed by atoms with van der Waals surface area (Å²) < 4.78 is 46.8. The normalized spacial score (nSPS) is 17.0. The monoisotopic (exact) mass is 413 g/mol. The Labute approximate surface area is 165 Å². The van der Waals surface area contributed by atoms with E-state index in [9.17, 15) is 18.0 Å². The zero-order valence-corrected chi connectivity index (χ0v) is 16.1. The summed E-state index contributed by atoms with van der Waals surface area (Å²) in [4.78, 5) is 15.9. The quantitative estimate of drug-likeness (QED) is 0.633. The van der Waals surface area contributed by atoms with Gasteiger partial charge >= 0.3 is 6.18 Å². The molecular weight excluding hydrogens is 391 g/mol. The third-order valence-electron chi connectivity index (χ3n) is 4.40. The standard InChI is InChI=1S/C20H22F3NO3S/c21-20(22,23)14-26-13-15-5-7-16(8-6-15)19(25)24(11-17-3-1-9-27-17)12-18-4-2-10-28-18/h2,4-8,10,17H,1,3,9,11-14H2. The molecule has 1 aliphatic heterocycles. The number of halogens is 3. The second kappa shape index (κ2) is 9.54. The van der Waals surface area contributed by atoms with Gasteiger partial charge in [0.15, 0.2) is 0 Å². The van der Waals surface area contributed by atoms with Crippen LogP contribution in [0, 0.1) is 0 Å². The van der Waals surface area contributed by atoms with Crippen molar-refractivity contribution < 1.29 is 27.4 Å². The predicted molar refractivity (Wildman–Crippen MR) is 100 cm³/mol. The van der Waals surface area contributed by atoms with Crippen molar-refractivity contribution in [3.8, 4) is 0 Å². The fraction of sp³-hybridized carbons (Fsp3) is 0.450. The molecular formula is C20H22F3NO3S. The minimum atomic E-state index is -4.35. The molecule has 0 bridgehead atoms. The number of thiophene rings is 1. The molecule has 1 saturated heterocycles. The number of amides is 1. The summed E-state index contributed by atoms with van der Waals surface area (Å²) >= 11 is 1.59. The molecule has 3 rings (SSSR count). The number of hydrogen-bond donors (Lipinski definition) is 0. The van der Waals surface area contributed by atoms with Crippen molar-refractivity contribution >= 4 is 17.2 Å². The molecule has 1 amide bonds. The van der Waals surface area contributed by atoms with Gasteiger partial charge in [-0.05, 0) is 42.0 Å². The van der Waals surface area contributed by atoms with Crippen LogP contribution >= 0.6 is 11.3 Å². The Kier molecular flexibility index (Phi) is 7.09. The summed E-state index contributed by atoms with van der Waals surface area (Å²) in [7, 11) is 0. The number of nitrogens with zero attached hydrogens (tertiary/aromatic N) is 1. The SMILES string of the molecule is O=C(c1ccc(COCC(F)(F)F)cc1)N(Cc1cccs1)CC1CCCO1. The highest BCUT2D eigenvalue weighted by Gasteiger charge is 2.27. The molecule has 1 aliphatic rings. The van der Waals surface area contributed by atoms with E-state index in [1.54, 1.807) is 40.5 Å². The van der Waals surface area contributed by atoms with E-state index >= 15 is 0 Å². The van der Waals surface area contributed by atoms with E-state index < -0.39 is 12.8 Å². The lowest BCUT2D eigenvalue weighted by atomic mass is 10.1. The third kappa shape index (κ3) is 6.32. The molecule has 152 valence electrons. The van der Waals surface area contributed by atoms with Crippen LogP contribution in [-0.4, -0.2) is 42.8 Å². The lowest BCUT2D eigenvalue weighted by Gasteiger charge is -2.25. The average Bonchev–Trinajstić information content (AvgIpc) is 3.34. The van der Waals surface area contributed by atoms with E-state index in [0.29, 0.717) is 24.2 Å². The molecule has 0 spiro atoms. The lowest BCUT2D eigenvalue weighted by molar-refractivity contribution is -0.176. The Morgan fingerprint density at radius 2 is 2.04 bits per heavy atom. The Balaban J connectivity index is 1.63. The molecule has 0 aliphatic carbocycles. The van der Waals surface area contributed by atoms with E-state index in [4.69, 9.17) is 4.74 Å². The number of hydrogen-bond acceptors (Lipinski definition) is 4. The van der Waals surface area contributed by atoms with Crippen LogP contribution < -0.4 is 0 Å². The summed E-state index contributed by atoms with van der Waals surface area (Å²) in [5, 5.41) is 1.97. The van der Waals surface area contributed by atoms with Gasteiger partial charge in [0.25, 0.3) is 5.91 Å². The van der Waals surface area contributed by atoms with Gasteiger partial charge in [0.05, 0.1) is 19.3 Å². The van der Waals surface area contributed by atoms with Gasteiger partial charge in [-0.15, -0.1) is 11.3 Å². The summed E-state index contributed by atoms with van der Waals surface area (Å²) in [6, 6.07) is 10.4. The van der Waals surface area contributed by atoms with Crippen molar-refractivity contribution in [2.24, 2.45) is 0 Å². The van der Waals surface area contributed by atoms with E-state index in [0.717, 1.165) is 24.3 Å². The van der Waals surface area contributed by atoms with Crippen molar-refractivity contribution in [1.29, 1.82) is 0 Å². The maximum Gasteiger partial charge on any atom is 0.411 e. The van der Waals surface area contributed by atoms with Crippen molar-refractivity contribution in [1.82, 2.24) is 4.90 Å². The van der Waals surface area contributed by atoms with Crippen molar-refractivity contribution in [3.05, 3.63) is 57.8 Å². The van der Waals surface area contributed by atoms with Crippen LogP contribution in [0.1, 0.15) is 33.6 Å². The van der Waals surface area contributed by atoms with Gasteiger partial charge in [0.1, 0.15) is 6.61 Å². The van der Waals surface area contributed by atoms with Gasteiger partial charge in [-0.2, -0.15) is 13.2 Å². The van der Waals surface area contributed by atoms with Crippen molar-refractivity contribution in [2.75, 3.05) is 19.8 Å². The van der Waals surface area contributed by atoms with Gasteiger partial charge in [0, 0.05) is 23.6 Å². The first-order valence-electron chi connectivity index (χ1n) is 9.07. The summed E-state index contributed by atoms with van der Waals surface area (Å²) in [5.74, 6) is -0.119. The first kappa shape index (κ1) is 20.8. The molecule has 0 N–H and O–H groups in total. The van der Waals surface area contributed by atoms with Crippen molar-refractivity contribution in [3.63, 3.8) is 0 Å². The largest absolute Gasteiger partial charge is 0.411 e. The molecule has 4 nitrogen and oxygen atoms in total. The molecule has 1 aromatic carbocycles. The van der Waals surface area contributed by atoms with Crippen LogP contribution in [0.5, 0.6) is 0 Å². The van der Waals surface area contributed by atoms with Gasteiger partial charge in [0.2, 0.25) is 0 Å². The van der Waals surface area contributed by atoms with E-state index in [-0.39, 0.29) is 18.6 Å². The smallest absolute Gasteiger partial charge is 0.376 e. The molecule has 1 unspecified atom stereocenters. The Morgan fingerprint density at radius 1 is 1.25 bits per heavy atom. The summed E-state index contributed by atoms with van der Waals surface area (Å²) in [6.45, 7) is 0.310. The number of carbonyl (C=O) groups excluding carboxylic acids is 1. The summed E-state index contributed by atoms with van der Waals surface area (Å²) in [6.07, 6.45) is -2.37. The minimum absolute atomic E-state index is 0.0407. The van der Waals surface area contributed by atoms with Crippen LogP contribution in [0.25, 0.3) is 0 Å². The van der Waals surface area contributed by atoms with E-state index in [2.05, 4.69) is 4.74 Å². The van der Waals surface area contributed by atoms with Crippen LogP contribution in [0.4, 0.5) is 13.2 Å². The Bertz CT molecular complexity index is 741. The highest BCUT2D eigenvalue weighted by Crippen LogP contribution is 2.20. The van der Waals surface area contributed by atoms with Gasteiger partial charge in [-0.25, -0.2) is 0 Å². The van der Waals surface area contributed by atoms with Gasteiger partial charge in [-0.1, -0.05) is 18.2 Å². The van der Waals surface area contributed by atoms with E-state index in [1.165, 1.54) is 0 Å². The number of benzene rings is 1. The average molecular weight is 413 g/mol. The first-order chi connectivity index (χ1) is 13.4. The molecule has 0 radical (unpaired) electrons. The number of carbonyl (C=O) groups is 1. The molecule has 1 fully saturated rings. The van der Waals surface area contributed by atoms with Crippen LogP contribution in [0.3, 0.4) is 0 Å². The molecule has 1 atom stereocenters. The molecule has 2 aromatic rings. The predicted octanol–water partition coefficient (Wildman–Crippen LogP) is 4.65. The zero-order valence-electron chi connectivity index (χ0n) is 15.3. The Morgan fingerprint density at radius 3 is 2.64 bits per heavy atom. The lowest BCUT2D eigenvalue weighted by Crippen LogP contribution is -2.36. The minimum Gasteiger partial charge on any atom is -0.376 e. The molecule has 2 heterocycles. The second-order valence-corrected chi connectivity index (χ2v) is 7.74. The topological polar surface area (TPSA) is 38.8 Å². The highest BCUT2D eigenvalue weighted by atomic mass is 32.1. The second-order valence-electron chi connectivity index (χ2n) is 6.70. The highest BCUT2D eigenvalue weighted by molar-refractivity contribution is 7.09. The molecule has 8 heteroatoms. The molecule has 28 heavy (non-hydrogen) atoms. The third-order valence-corrected chi connectivity index (χ3v) is 5.26. The summed E-state index contributed by atoms with van der Waals surface area (Å²) in [5.41, 5.74) is 1.08.